The van der Waals surface area contributed by atoms with E-state index in [9.17, 15) is 0 Å². The van der Waals surface area contributed by atoms with Gasteiger partial charge in [-0.2, -0.15) is 0 Å². The number of benzene rings is 3. The zero-order valence-electron chi connectivity index (χ0n) is 23.6. The van der Waals surface area contributed by atoms with Crippen molar-refractivity contribution in [2.24, 2.45) is 17.7 Å². The fourth-order valence-corrected chi connectivity index (χ4v) is 7.55. The maximum absolute atomic E-state index is 15.1. The van der Waals surface area contributed by atoms with Gasteiger partial charge in [-0.1, -0.05) is 54.6 Å². The summed E-state index contributed by atoms with van der Waals surface area (Å²) >= 11 is 0. The lowest BCUT2D eigenvalue weighted by molar-refractivity contribution is 0.448. The number of hydrogen-bond donors (Lipinski definition) is 2. The number of anilines is 2. The Balaban J connectivity index is 1.00. The molecule has 8 rings (SSSR count). The molecule has 42 heavy (non-hydrogen) atoms. The van der Waals surface area contributed by atoms with Crippen molar-refractivity contribution in [2.75, 3.05) is 9.91 Å². The lowest BCUT2D eigenvalue weighted by Gasteiger charge is -2.32. The Bertz CT molecular complexity index is 1840. The highest BCUT2D eigenvalue weighted by Crippen LogP contribution is 2.47. The van der Waals surface area contributed by atoms with Gasteiger partial charge in [0.2, 0.25) is 0 Å². The predicted molar refractivity (Wildman–Crippen MR) is 172 cm³/mol. The van der Waals surface area contributed by atoms with E-state index in [1.54, 1.807) is 16.7 Å². The molecule has 3 N–H and O–H groups in total. The number of nitrogens with zero attached hydrogens (tertiary/aromatic N) is 2. The third-order valence-corrected chi connectivity index (χ3v) is 9.63. The van der Waals surface area contributed by atoms with E-state index in [1.807, 2.05) is 12.1 Å². The average molecular weight is 555 g/mol. The molecule has 4 aromatic rings. The molecule has 0 spiro atoms. The van der Waals surface area contributed by atoms with Crippen LogP contribution in [0.1, 0.15) is 37.7 Å². The van der Waals surface area contributed by atoms with Gasteiger partial charge in [0, 0.05) is 50.7 Å². The van der Waals surface area contributed by atoms with Crippen LogP contribution in [0.3, 0.4) is 0 Å². The summed E-state index contributed by atoms with van der Waals surface area (Å²) in [5, 5.41) is 4.13. The Morgan fingerprint density at radius 3 is 2.60 bits per heavy atom. The van der Waals surface area contributed by atoms with Crippen molar-refractivity contribution in [1.29, 1.82) is 0 Å². The molecule has 0 saturated carbocycles. The molecule has 4 aliphatic rings. The van der Waals surface area contributed by atoms with Gasteiger partial charge in [-0.15, -0.1) is 0 Å². The van der Waals surface area contributed by atoms with Gasteiger partial charge in [0.25, 0.3) is 0 Å². The van der Waals surface area contributed by atoms with Crippen molar-refractivity contribution in [3.05, 3.63) is 132 Å². The second kappa shape index (κ2) is 10.2. The van der Waals surface area contributed by atoms with E-state index in [-0.39, 0.29) is 11.7 Å². The van der Waals surface area contributed by atoms with E-state index in [0.717, 1.165) is 34.4 Å². The molecule has 3 atom stereocenters. The first-order chi connectivity index (χ1) is 20.6. The molecule has 5 heteroatoms. The molecule has 0 saturated heterocycles. The summed E-state index contributed by atoms with van der Waals surface area (Å²) in [6, 6.07) is 23.7. The number of aromatic nitrogens is 1. The number of fused-ring (bicyclic) bond motifs is 5. The van der Waals surface area contributed by atoms with Gasteiger partial charge in [0.15, 0.2) is 0 Å². The van der Waals surface area contributed by atoms with Crippen molar-refractivity contribution < 1.29 is 4.39 Å². The first-order valence-corrected chi connectivity index (χ1v) is 15.2. The van der Waals surface area contributed by atoms with Gasteiger partial charge >= 0.3 is 0 Å². The van der Waals surface area contributed by atoms with E-state index < -0.39 is 0 Å². The Hall–Kier alpha value is -4.35. The smallest absolute Gasteiger partial charge is 0.104 e. The maximum Gasteiger partial charge on any atom is 0.104 e. The largest absolute Gasteiger partial charge is 0.355 e. The van der Waals surface area contributed by atoms with Crippen LogP contribution in [-0.2, 0) is 6.42 Å². The van der Waals surface area contributed by atoms with Crippen LogP contribution in [0.5, 0.6) is 0 Å². The number of nitrogens with two attached hydrogens (primary N) is 1. The van der Waals surface area contributed by atoms with Crippen LogP contribution in [0, 0.1) is 11.8 Å². The van der Waals surface area contributed by atoms with Crippen LogP contribution in [0.4, 0.5) is 15.8 Å². The summed E-state index contributed by atoms with van der Waals surface area (Å²) < 4.78 is 15.1. The summed E-state index contributed by atoms with van der Waals surface area (Å²) in [7, 11) is 0. The van der Waals surface area contributed by atoms with Gasteiger partial charge in [0.1, 0.15) is 5.83 Å². The van der Waals surface area contributed by atoms with E-state index >= 15 is 4.39 Å². The van der Waals surface area contributed by atoms with Crippen LogP contribution >= 0.6 is 0 Å². The zero-order valence-corrected chi connectivity index (χ0v) is 23.6. The molecular formula is C37H35FN4. The van der Waals surface area contributed by atoms with E-state index in [2.05, 4.69) is 94.9 Å². The fraction of sp³-hybridized carbons (Fsp3) is 0.243. The molecule has 2 heterocycles. The van der Waals surface area contributed by atoms with Crippen LogP contribution in [0.25, 0.3) is 21.8 Å². The van der Waals surface area contributed by atoms with E-state index in [1.165, 1.54) is 41.4 Å². The Morgan fingerprint density at radius 1 is 0.881 bits per heavy atom. The van der Waals surface area contributed by atoms with Gasteiger partial charge < -0.3 is 9.88 Å². The summed E-state index contributed by atoms with van der Waals surface area (Å²) in [6.07, 6.45) is 18.6. The highest BCUT2D eigenvalue weighted by Gasteiger charge is 2.39. The normalized spacial score (nSPS) is 23.3. The van der Waals surface area contributed by atoms with Gasteiger partial charge in [-0.3, -0.25) is 5.01 Å². The summed E-state index contributed by atoms with van der Waals surface area (Å²) in [6.45, 7) is 0. The first-order valence-electron chi connectivity index (χ1n) is 15.2. The van der Waals surface area contributed by atoms with Gasteiger partial charge in [-0.05, 0) is 98.2 Å². The lowest BCUT2D eigenvalue weighted by Crippen LogP contribution is -2.33. The number of H-pyrrole nitrogens is 1. The number of hydrogen-bond acceptors (Lipinski definition) is 3. The molecule has 0 bridgehead atoms. The molecule has 1 aromatic heterocycles. The first kappa shape index (κ1) is 25.4. The lowest BCUT2D eigenvalue weighted by atomic mass is 9.85. The second-order valence-corrected chi connectivity index (χ2v) is 12.1. The maximum atomic E-state index is 15.1. The van der Waals surface area contributed by atoms with Crippen molar-refractivity contribution in [3.63, 3.8) is 0 Å². The number of nitrogens with one attached hydrogen (secondary N) is 1. The third-order valence-electron chi connectivity index (χ3n) is 9.63. The minimum Gasteiger partial charge on any atom is -0.355 e. The number of hydrazine groups is 1. The van der Waals surface area contributed by atoms with Crippen molar-refractivity contribution in [2.45, 2.75) is 44.6 Å². The zero-order chi connectivity index (χ0) is 28.2. The molecule has 0 fully saturated rings. The minimum absolute atomic E-state index is 0.0889. The molecule has 3 aliphatic carbocycles. The monoisotopic (exact) mass is 554 g/mol. The Labute approximate surface area is 246 Å². The summed E-state index contributed by atoms with van der Waals surface area (Å²) in [4.78, 5) is 6.05. The molecule has 4 nitrogen and oxygen atoms in total. The molecular weight excluding hydrogens is 519 g/mol. The minimum atomic E-state index is -0.249. The van der Waals surface area contributed by atoms with Crippen molar-refractivity contribution in [3.8, 4) is 0 Å². The highest BCUT2D eigenvalue weighted by molar-refractivity contribution is 6.07. The molecule has 0 radical (unpaired) electrons. The molecule has 210 valence electrons. The van der Waals surface area contributed by atoms with Crippen LogP contribution in [-0.4, -0.2) is 11.0 Å². The number of aromatic amines is 1. The number of rotatable bonds is 5. The average Bonchev–Trinajstić information content (AvgIpc) is 3.57. The fourth-order valence-electron chi connectivity index (χ4n) is 7.55. The molecule has 3 aromatic carbocycles. The second-order valence-electron chi connectivity index (χ2n) is 12.1. The topological polar surface area (TPSA) is 48.3 Å². The number of halogens is 1. The quantitative estimate of drug-likeness (QED) is 0.192. The van der Waals surface area contributed by atoms with Crippen molar-refractivity contribution >= 4 is 33.2 Å². The molecule has 1 aliphatic heterocycles. The van der Waals surface area contributed by atoms with Crippen molar-refractivity contribution in [1.82, 2.24) is 4.98 Å². The summed E-state index contributed by atoms with van der Waals surface area (Å²) in [5.41, 5.74) is 9.49. The summed E-state index contributed by atoms with van der Waals surface area (Å²) in [5.74, 6) is 6.82. The van der Waals surface area contributed by atoms with E-state index in [0.29, 0.717) is 24.8 Å². The van der Waals surface area contributed by atoms with Gasteiger partial charge in [0.05, 0.1) is 11.7 Å². The molecule has 0 amide bonds. The Kier molecular flexibility index (Phi) is 6.15. The van der Waals surface area contributed by atoms with Gasteiger partial charge in [-0.25, -0.2) is 10.2 Å². The third kappa shape index (κ3) is 4.23. The SMILES string of the molecule is NN(C1=CC=C(F)C(Cc2ccc3c(c2)[nH]c2ccccc23)C1)c1ccc(N2C3=C(CCCC3)C3C=CC=CC32)cc1. The standard InChI is InChI=1S/C37H35FN4/c38-33-20-18-28(23-25(33)21-24-13-19-30-29-7-1-4-10-34(29)40-35(30)22-24)42(39)27-16-14-26(15-17-27)41-36-11-5-2-8-31(36)32-9-3-6-12-37(32)41/h1-2,4-5,7-8,10-11,13-20,22,25,31,36,40H,3,6,9,12,21,23,39H2. The van der Waals surface area contributed by atoms with Crippen LogP contribution < -0.4 is 15.8 Å². The van der Waals surface area contributed by atoms with Crippen LogP contribution in [0.15, 0.2) is 126 Å². The molecule has 3 unspecified atom stereocenters. The van der Waals surface area contributed by atoms with Crippen LogP contribution in [0.2, 0.25) is 0 Å². The van der Waals surface area contributed by atoms with E-state index in [4.69, 9.17) is 5.84 Å². The number of para-hydroxylation sites is 1. The highest BCUT2D eigenvalue weighted by atomic mass is 19.1. The number of allylic oxidation sites excluding steroid dienone is 7. The predicted octanol–water partition coefficient (Wildman–Crippen LogP) is 8.76. The Morgan fingerprint density at radius 2 is 1.69 bits per heavy atom.